The molecule has 0 saturated carbocycles. The van der Waals surface area contributed by atoms with Crippen LogP contribution in [0.1, 0.15) is 16.8 Å². The van der Waals surface area contributed by atoms with Gasteiger partial charge in [0.25, 0.3) is 11.1 Å². The Balaban J connectivity index is 2.12. The molecule has 192 valence electrons. The number of nitriles is 2. The highest BCUT2D eigenvalue weighted by Gasteiger charge is 2.28. The molecule has 0 atom stereocenters. The maximum Gasteiger partial charge on any atom is 0.296 e. The zero-order valence-electron chi connectivity index (χ0n) is 21.4. The van der Waals surface area contributed by atoms with Gasteiger partial charge in [0, 0.05) is 12.6 Å². The Morgan fingerprint density at radius 3 is 1.95 bits per heavy atom. The van der Waals surface area contributed by atoms with Crippen LogP contribution in [0.2, 0.25) is 0 Å². The van der Waals surface area contributed by atoms with Gasteiger partial charge in [-0.3, -0.25) is 18.8 Å². The van der Waals surface area contributed by atoms with E-state index in [9.17, 15) is 20.1 Å². The summed E-state index contributed by atoms with van der Waals surface area (Å²) in [5.74, 6) is 0.508. The smallest absolute Gasteiger partial charge is 0.296 e. The Bertz CT molecular complexity index is 1740. The van der Waals surface area contributed by atoms with Gasteiger partial charge < -0.3 is 19.9 Å². The molecule has 0 radical (unpaired) electrons. The summed E-state index contributed by atoms with van der Waals surface area (Å²) < 4.78 is 20.0. The normalized spacial score (nSPS) is 10.5. The monoisotopic (exact) mass is 512 g/mol. The molecular formula is C27H24N6O5. The number of aromatic nitrogens is 3. The largest absolute Gasteiger partial charge is 0.493 e. The van der Waals surface area contributed by atoms with Crippen molar-refractivity contribution in [2.45, 2.75) is 6.92 Å². The third-order valence-corrected chi connectivity index (χ3v) is 6.34. The molecule has 11 nitrogen and oxygen atoms in total. The van der Waals surface area contributed by atoms with Crippen molar-refractivity contribution in [2.75, 3.05) is 27.1 Å². The number of methoxy groups -OCH3 is 3. The van der Waals surface area contributed by atoms with Gasteiger partial charge in [0.05, 0.1) is 32.7 Å². The van der Waals surface area contributed by atoms with E-state index in [1.54, 1.807) is 42.9 Å². The summed E-state index contributed by atoms with van der Waals surface area (Å²) in [4.78, 5) is 27.4. The lowest BCUT2D eigenvalue weighted by Gasteiger charge is -2.18. The maximum atomic E-state index is 13.8. The van der Waals surface area contributed by atoms with Crippen molar-refractivity contribution >= 4 is 5.82 Å². The van der Waals surface area contributed by atoms with Gasteiger partial charge in [-0.25, -0.2) is 4.68 Å². The molecule has 2 aromatic carbocycles. The second-order valence-electron chi connectivity index (χ2n) is 8.20. The topological polar surface area (TPSA) is 150 Å². The molecule has 2 heterocycles. The zero-order chi connectivity index (χ0) is 27.7. The standard InChI is InChI=1S/C27H24N6O5/c1-15-23(27(35)33(31(15)2)17-9-7-6-8-10-17)32-25(30)18(13-28)22(19(14-29)26(32)34)16-11-20(36-3)24(38-5)21(12-16)37-4/h6-12H,30H2,1-5H3. The highest BCUT2D eigenvalue weighted by molar-refractivity contribution is 5.83. The third kappa shape index (κ3) is 3.74. The molecule has 0 amide bonds. The number of nitrogens with two attached hydrogens (primary N) is 1. The summed E-state index contributed by atoms with van der Waals surface area (Å²) in [6, 6.07) is 15.8. The van der Waals surface area contributed by atoms with E-state index >= 15 is 0 Å². The van der Waals surface area contributed by atoms with E-state index in [4.69, 9.17) is 19.9 Å². The number of pyridine rings is 1. The molecule has 11 heteroatoms. The molecule has 0 spiro atoms. The van der Waals surface area contributed by atoms with Gasteiger partial charge in [0.15, 0.2) is 11.5 Å². The van der Waals surface area contributed by atoms with Gasteiger partial charge in [-0.05, 0) is 36.8 Å². The number of rotatable bonds is 6. The number of para-hydroxylation sites is 1. The SMILES string of the molecule is COc1cc(-c2c(C#N)c(N)n(-c3c(C)n(C)n(-c4ccccc4)c3=O)c(=O)c2C#N)cc(OC)c1OC. The first-order chi connectivity index (χ1) is 18.2. The van der Waals surface area contributed by atoms with E-state index in [-0.39, 0.29) is 45.3 Å². The molecule has 4 rings (SSSR count). The van der Waals surface area contributed by atoms with Crippen LogP contribution in [0.25, 0.3) is 22.5 Å². The number of ether oxygens (including phenoxy) is 3. The summed E-state index contributed by atoms with van der Waals surface area (Å²) >= 11 is 0. The second kappa shape index (κ2) is 9.91. The van der Waals surface area contributed by atoms with Crippen LogP contribution in [-0.4, -0.2) is 35.3 Å². The van der Waals surface area contributed by atoms with Crippen LogP contribution >= 0.6 is 0 Å². The van der Waals surface area contributed by atoms with Gasteiger partial charge in [0.2, 0.25) is 5.75 Å². The van der Waals surface area contributed by atoms with E-state index in [1.165, 1.54) is 38.1 Å². The molecule has 0 bridgehead atoms. The average Bonchev–Trinajstić information content (AvgIpc) is 3.15. The molecule has 2 aromatic heterocycles. The quantitative estimate of drug-likeness (QED) is 0.414. The van der Waals surface area contributed by atoms with Gasteiger partial charge in [-0.1, -0.05) is 18.2 Å². The number of nitrogens with zero attached hydrogens (tertiary/aromatic N) is 5. The molecule has 4 aromatic rings. The molecule has 0 fully saturated rings. The van der Waals surface area contributed by atoms with Gasteiger partial charge >= 0.3 is 0 Å². The Hall–Kier alpha value is -5.42. The van der Waals surface area contributed by atoms with Gasteiger partial charge in [-0.2, -0.15) is 10.5 Å². The third-order valence-electron chi connectivity index (χ3n) is 6.34. The lowest BCUT2D eigenvalue weighted by molar-refractivity contribution is 0.324. The molecule has 0 aliphatic heterocycles. The molecule has 2 N–H and O–H groups in total. The van der Waals surface area contributed by atoms with Crippen LogP contribution in [-0.2, 0) is 7.05 Å². The van der Waals surface area contributed by atoms with Crippen molar-refractivity contribution in [2.24, 2.45) is 7.05 Å². The molecule has 38 heavy (non-hydrogen) atoms. The predicted octanol–water partition coefficient (Wildman–Crippen LogP) is 2.65. The van der Waals surface area contributed by atoms with E-state index in [1.807, 2.05) is 18.2 Å². The minimum atomic E-state index is -0.848. The predicted molar refractivity (Wildman–Crippen MR) is 140 cm³/mol. The minimum Gasteiger partial charge on any atom is -0.493 e. The molecule has 0 unspecified atom stereocenters. The first-order valence-electron chi connectivity index (χ1n) is 11.3. The van der Waals surface area contributed by atoms with Crippen molar-refractivity contribution < 1.29 is 14.2 Å². The minimum absolute atomic E-state index is 0.00929. The number of nitrogen functional groups attached to an aromatic ring is 1. The first-order valence-corrected chi connectivity index (χ1v) is 11.3. The van der Waals surface area contributed by atoms with E-state index in [0.29, 0.717) is 17.1 Å². The van der Waals surface area contributed by atoms with Crippen LogP contribution in [0.5, 0.6) is 17.2 Å². The molecule has 0 aliphatic rings. The molecular weight excluding hydrogens is 488 g/mol. The number of hydrogen-bond donors (Lipinski definition) is 1. The van der Waals surface area contributed by atoms with Crippen LogP contribution in [0.15, 0.2) is 52.1 Å². The van der Waals surface area contributed by atoms with Crippen LogP contribution in [0.4, 0.5) is 5.82 Å². The Labute approximate surface area is 217 Å². The highest BCUT2D eigenvalue weighted by Crippen LogP contribution is 2.43. The highest BCUT2D eigenvalue weighted by atomic mass is 16.5. The number of hydrogen-bond acceptors (Lipinski definition) is 8. The lowest BCUT2D eigenvalue weighted by Crippen LogP contribution is -2.31. The maximum absolute atomic E-state index is 13.8. The Kier molecular flexibility index (Phi) is 6.70. The zero-order valence-corrected chi connectivity index (χ0v) is 21.4. The molecule has 0 aliphatic carbocycles. The van der Waals surface area contributed by atoms with E-state index in [0.717, 1.165) is 4.57 Å². The summed E-state index contributed by atoms with van der Waals surface area (Å²) in [7, 11) is 5.93. The summed E-state index contributed by atoms with van der Waals surface area (Å²) in [6.45, 7) is 1.65. The first kappa shape index (κ1) is 25.7. The summed E-state index contributed by atoms with van der Waals surface area (Å²) in [5.41, 5.74) is 5.64. The van der Waals surface area contributed by atoms with Crippen LogP contribution in [0.3, 0.4) is 0 Å². The summed E-state index contributed by atoms with van der Waals surface area (Å²) in [6.07, 6.45) is 0. The lowest BCUT2D eigenvalue weighted by atomic mass is 9.95. The van der Waals surface area contributed by atoms with E-state index < -0.39 is 11.1 Å². The fourth-order valence-corrected chi connectivity index (χ4v) is 4.46. The fraction of sp³-hybridized carbons (Fsp3) is 0.185. The van der Waals surface area contributed by atoms with Crippen molar-refractivity contribution in [1.82, 2.24) is 13.9 Å². The average molecular weight is 513 g/mol. The Morgan fingerprint density at radius 1 is 0.868 bits per heavy atom. The van der Waals surface area contributed by atoms with Crippen molar-refractivity contribution in [3.8, 4) is 51.9 Å². The number of anilines is 1. The number of benzene rings is 2. The van der Waals surface area contributed by atoms with Crippen molar-refractivity contribution in [3.05, 3.63) is 80.0 Å². The van der Waals surface area contributed by atoms with Gasteiger partial charge in [-0.15, -0.1) is 0 Å². The fourth-order valence-electron chi connectivity index (χ4n) is 4.46. The summed E-state index contributed by atoms with van der Waals surface area (Å²) in [5, 5.41) is 20.2. The van der Waals surface area contributed by atoms with Crippen molar-refractivity contribution in [3.63, 3.8) is 0 Å². The van der Waals surface area contributed by atoms with E-state index in [2.05, 4.69) is 0 Å². The van der Waals surface area contributed by atoms with Crippen molar-refractivity contribution in [1.29, 1.82) is 10.5 Å². The Morgan fingerprint density at radius 2 is 1.45 bits per heavy atom. The van der Waals surface area contributed by atoms with Crippen LogP contribution < -0.4 is 31.1 Å². The second-order valence-corrected chi connectivity index (χ2v) is 8.20. The molecule has 0 saturated heterocycles. The van der Waals surface area contributed by atoms with Crippen LogP contribution in [0, 0.1) is 29.6 Å². The van der Waals surface area contributed by atoms with Gasteiger partial charge in [0.1, 0.15) is 34.8 Å².